The van der Waals surface area contributed by atoms with Crippen LogP contribution in [0.1, 0.15) is 62.2 Å². The van der Waals surface area contributed by atoms with Crippen molar-refractivity contribution in [2.45, 2.75) is 57.9 Å². The highest BCUT2D eigenvalue weighted by Gasteiger charge is 2.35. The van der Waals surface area contributed by atoms with E-state index in [2.05, 4.69) is 20.2 Å². The van der Waals surface area contributed by atoms with Gasteiger partial charge in [0.1, 0.15) is 11.6 Å². The highest BCUT2D eigenvalue weighted by atomic mass is 16.2. The minimum Gasteiger partial charge on any atom is -0.334 e. The summed E-state index contributed by atoms with van der Waals surface area (Å²) in [4.78, 5) is 28.6. The third-order valence-corrected chi connectivity index (χ3v) is 5.74. The molecule has 0 radical (unpaired) electrons. The normalized spacial score (nSPS) is 20.6. The average Bonchev–Trinajstić information content (AvgIpc) is 3.20. The van der Waals surface area contributed by atoms with Gasteiger partial charge in [0.05, 0.1) is 24.1 Å². The van der Waals surface area contributed by atoms with E-state index in [-0.39, 0.29) is 12.0 Å². The van der Waals surface area contributed by atoms with Gasteiger partial charge in [0.2, 0.25) is 5.91 Å². The van der Waals surface area contributed by atoms with E-state index in [1.54, 1.807) is 18.6 Å². The molecule has 2 aromatic rings. The van der Waals surface area contributed by atoms with E-state index < -0.39 is 0 Å². The Morgan fingerprint density at radius 1 is 1.15 bits per heavy atom. The third-order valence-electron chi connectivity index (χ3n) is 5.74. The molecule has 1 N–H and O–H groups in total. The van der Waals surface area contributed by atoms with Crippen molar-refractivity contribution in [2.24, 2.45) is 5.92 Å². The number of amides is 1. The summed E-state index contributed by atoms with van der Waals surface area (Å²) in [6, 6.07) is 3.96. The van der Waals surface area contributed by atoms with Crippen molar-refractivity contribution >= 4 is 17.5 Å². The molecule has 27 heavy (non-hydrogen) atoms. The number of hydrogen-bond donors (Lipinski definition) is 1. The molecule has 6 heteroatoms. The predicted molar refractivity (Wildman–Crippen MR) is 105 cm³/mol. The first-order valence-electron chi connectivity index (χ1n) is 10.0. The molecule has 142 valence electrons. The fraction of sp³-hybridized carbons (Fsp3) is 0.524. The maximum absolute atomic E-state index is 13.1. The summed E-state index contributed by atoms with van der Waals surface area (Å²) in [6.45, 7) is 2.84. The van der Waals surface area contributed by atoms with E-state index in [0.29, 0.717) is 11.7 Å². The van der Waals surface area contributed by atoms with Gasteiger partial charge in [0.15, 0.2) is 0 Å². The lowest BCUT2D eigenvalue weighted by atomic mass is 9.88. The Morgan fingerprint density at radius 2 is 2.00 bits per heavy atom. The smallest absolute Gasteiger partial charge is 0.226 e. The molecule has 2 fully saturated rings. The number of rotatable bonds is 4. The molecule has 0 spiro atoms. The highest BCUT2D eigenvalue weighted by molar-refractivity contribution is 5.79. The van der Waals surface area contributed by atoms with E-state index >= 15 is 0 Å². The molecule has 1 aliphatic heterocycles. The molecule has 1 aliphatic carbocycles. The van der Waals surface area contributed by atoms with Gasteiger partial charge in [-0.25, -0.2) is 9.97 Å². The van der Waals surface area contributed by atoms with Crippen LogP contribution in [0.25, 0.3) is 0 Å². The number of carbonyl (C=O) groups excluding carboxylic acids is 1. The Labute approximate surface area is 160 Å². The first kappa shape index (κ1) is 17.9. The van der Waals surface area contributed by atoms with E-state index in [9.17, 15) is 4.79 Å². The Hall–Kier alpha value is -2.50. The van der Waals surface area contributed by atoms with Crippen molar-refractivity contribution in [1.29, 1.82) is 0 Å². The summed E-state index contributed by atoms with van der Waals surface area (Å²) in [6.07, 6.45) is 12.9. The van der Waals surface area contributed by atoms with Crippen LogP contribution in [0, 0.1) is 12.8 Å². The topological polar surface area (TPSA) is 71.0 Å². The molecule has 2 aliphatic rings. The molecule has 2 aromatic heterocycles. The van der Waals surface area contributed by atoms with E-state index in [0.717, 1.165) is 49.3 Å². The molecule has 6 nitrogen and oxygen atoms in total. The molecule has 0 unspecified atom stereocenters. The fourth-order valence-electron chi connectivity index (χ4n) is 4.26. The van der Waals surface area contributed by atoms with Gasteiger partial charge in [-0.05, 0) is 44.2 Å². The quantitative estimate of drug-likeness (QED) is 0.880. The zero-order chi connectivity index (χ0) is 18.6. The second-order valence-electron chi connectivity index (χ2n) is 7.65. The molecule has 1 saturated carbocycles. The maximum atomic E-state index is 13.1. The van der Waals surface area contributed by atoms with Crippen LogP contribution in [-0.2, 0) is 4.79 Å². The van der Waals surface area contributed by atoms with Crippen LogP contribution in [0.4, 0.5) is 11.6 Å². The lowest BCUT2D eigenvalue weighted by Crippen LogP contribution is -2.36. The van der Waals surface area contributed by atoms with Gasteiger partial charge < -0.3 is 10.2 Å². The van der Waals surface area contributed by atoms with Crippen LogP contribution in [-0.4, -0.2) is 32.3 Å². The Balaban J connectivity index is 1.52. The van der Waals surface area contributed by atoms with Crippen molar-refractivity contribution in [3.8, 4) is 0 Å². The van der Waals surface area contributed by atoms with Gasteiger partial charge in [0, 0.05) is 18.7 Å². The van der Waals surface area contributed by atoms with Gasteiger partial charge in [-0.3, -0.25) is 9.78 Å². The number of likely N-dealkylation sites (tertiary alicyclic amines) is 1. The van der Waals surface area contributed by atoms with Crippen molar-refractivity contribution in [3.05, 3.63) is 42.0 Å². The third kappa shape index (κ3) is 3.94. The molecular formula is C21H27N5O. The van der Waals surface area contributed by atoms with Gasteiger partial charge >= 0.3 is 0 Å². The molecule has 0 bridgehead atoms. The van der Waals surface area contributed by atoms with E-state index in [1.807, 2.05) is 19.1 Å². The minimum atomic E-state index is 0.0403. The van der Waals surface area contributed by atoms with Crippen molar-refractivity contribution < 1.29 is 4.79 Å². The number of carbonyl (C=O) groups is 1. The lowest BCUT2D eigenvalue weighted by molar-refractivity contribution is -0.137. The Bertz CT molecular complexity index is 803. The summed E-state index contributed by atoms with van der Waals surface area (Å²) >= 11 is 0. The van der Waals surface area contributed by atoms with Crippen molar-refractivity contribution in [1.82, 2.24) is 19.9 Å². The molecule has 4 rings (SSSR count). The van der Waals surface area contributed by atoms with Crippen molar-refractivity contribution in [2.75, 3.05) is 11.9 Å². The minimum absolute atomic E-state index is 0.0403. The lowest BCUT2D eigenvalue weighted by Gasteiger charge is -2.30. The maximum Gasteiger partial charge on any atom is 0.226 e. The van der Waals surface area contributed by atoms with Crippen LogP contribution in [0.5, 0.6) is 0 Å². The summed E-state index contributed by atoms with van der Waals surface area (Å²) in [5.74, 6) is 1.97. The molecule has 1 amide bonds. The van der Waals surface area contributed by atoms with E-state index in [1.165, 1.54) is 19.3 Å². The summed E-state index contributed by atoms with van der Waals surface area (Å²) < 4.78 is 0. The zero-order valence-electron chi connectivity index (χ0n) is 15.9. The first-order chi connectivity index (χ1) is 13.2. The number of aryl methyl sites for hydroxylation is 1. The predicted octanol–water partition coefficient (Wildman–Crippen LogP) is 4.17. The van der Waals surface area contributed by atoms with Crippen LogP contribution in [0.3, 0.4) is 0 Å². The molecular weight excluding hydrogens is 338 g/mol. The van der Waals surface area contributed by atoms with E-state index in [4.69, 9.17) is 4.98 Å². The summed E-state index contributed by atoms with van der Waals surface area (Å²) in [5, 5.41) is 3.26. The number of pyridine rings is 1. The zero-order valence-corrected chi connectivity index (χ0v) is 15.9. The van der Waals surface area contributed by atoms with Gasteiger partial charge in [0.25, 0.3) is 0 Å². The fourth-order valence-corrected chi connectivity index (χ4v) is 4.26. The molecule has 0 aromatic carbocycles. The van der Waals surface area contributed by atoms with Gasteiger partial charge in [-0.2, -0.15) is 0 Å². The highest BCUT2D eigenvalue weighted by Crippen LogP contribution is 2.35. The van der Waals surface area contributed by atoms with Crippen LogP contribution < -0.4 is 5.32 Å². The van der Waals surface area contributed by atoms with Crippen molar-refractivity contribution in [3.63, 3.8) is 0 Å². The number of nitrogens with zero attached hydrogens (tertiary/aromatic N) is 4. The first-order valence-corrected chi connectivity index (χ1v) is 10.0. The SMILES string of the molecule is Cc1cccnc1Nc1cncc([C@@H]2CCCN2C(=O)C2CCCCC2)n1. The van der Waals surface area contributed by atoms with Crippen LogP contribution >= 0.6 is 0 Å². The number of hydrogen-bond acceptors (Lipinski definition) is 5. The van der Waals surface area contributed by atoms with Gasteiger partial charge in [-0.1, -0.05) is 25.3 Å². The molecule has 1 saturated heterocycles. The largest absolute Gasteiger partial charge is 0.334 e. The number of aromatic nitrogens is 3. The number of nitrogens with one attached hydrogen (secondary N) is 1. The molecule has 1 atom stereocenters. The Morgan fingerprint density at radius 3 is 2.81 bits per heavy atom. The standard InChI is InChI=1S/C21H27N5O/c1-15-7-5-11-23-20(15)25-19-14-22-13-17(24-19)18-10-6-12-26(18)21(27)16-8-3-2-4-9-16/h5,7,11,13-14,16,18H,2-4,6,8-10,12H2,1H3,(H,23,24,25)/t18-/m0/s1. The summed E-state index contributed by atoms with van der Waals surface area (Å²) in [7, 11) is 0. The molecule has 3 heterocycles. The monoisotopic (exact) mass is 365 g/mol. The summed E-state index contributed by atoms with van der Waals surface area (Å²) in [5.41, 5.74) is 1.93. The van der Waals surface area contributed by atoms with Crippen LogP contribution in [0.2, 0.25) is 0 Å². The average molecular weight is 365 g/mol. The van der Waals surface area contributed by atoms with Gasteiger partial charge in [-0.15, -0.1) is 0 Å². The second kappa shape index (κ2) is 8.03. The Kier molecular flexibility index (Phi) is 5.32. The second-order valence-corrected chi connectivity index (χ2v) is 7.65. The number of anilines is 2. The van der Waals surface area contributed by atoms with Crippen LogP contribution in [0.15, 0.2) is 30.7 Å².